The Morgan fingerprint density at radius 1 is 0.826 bits per heavy atom. The van der Waals surface area contributed by atoms with Gasteiger partial charge in [0, 0.05) is 13.1 Å². The van der Waals surface area contributed by atoms with Crippen LogP contribution < -0.4 is 0 Å². The van der Waals surface area contributed by atoms with E-state index in [9.17, 15) is 8.42 Å². The SMILES string of the molecule is CCCCCCCCCCN(CC)S(=O)(=O)c1ccc(C)cc1. The monoisotopic (exact) mass is 339 g/mol. The molecule has 0 atom stereocenters. The number of unbranched alkanes of at least 4 members (excludes halogenated alkanes) is 7. The molecule has 0 amide bonds. The average Bonchev–Trinajstić information content (AvgIpc) is 2.53. The summed E-state index contributed by atoms with van der Waals surface area (Å²) in [5.74, 6) is 0. The van der Waals surface area contributed by atoms with E-state index in [1.807, 2.05) is 26.0 Å². The van der Waals surface area contributed by atoms with Crippen molar-refractivity contribution in [3.8, 4) is 0 Å². The molecule has 1 aromatic carbocycles. The molecule has 23 heavy (non-hydrogen) atoms. The highest BCUT2D eigenvalue weighted by Crippen LogP contribution is 2.17. The maximum Gasteiger partial charge on any atom is 0.243 e. The first kappa shape index (κ1) is 20.2. The molecule has 0 bridgehead atoms. The van der Waals surface area contributed by atoms with Gasteiger partial charge in [-0.2, -0.15) is 4.31 Å². The summed E-state index contributed by atoms with van der Waals surface area (Å²) in [5, 5.41) is 0. The second kappa shape index (κ2) is 10.8. The molecule has 132 valence electrons. The molecule has 0 aromatic heterocycles. The maximum absolute atomic E-state index is 12.6. The highest BCUT2D eigenvalue weighted by Gasteiger charge is 2.22. The topological polar surface area (TPSA) is 37.4 Å². The third kappa shape index (κ3) is 7.05. The van der Waals surface area contributed by atoms with Gasteiger partial charge in [0.05, 0.1) is 4.90 Å². The van der Waals surface area contributed by atoms with Crippen molar-refractivity contribution in [3.05, 3.63) is 29.8 Å². The highest BCUT2D eigenvalue weighted by molar-refractivity contribution is 7.89. The zero-order valence-corrected chi connectivity index (χ0v) is 15.9. The van der Waals surface area contributed by atoms with Crippen molar-refractivity contribution in [2.75, 3.05) is 13.1 Å². The van der Waals surface area contributed by atoms with E-state index in [2.05, 4.69) is 6.92 Å². The van der Waals surface area contributed by atoms with Gasteiger partial charge in [-0.1, -0.05) is 76.5 Å². The van der Waals surface area contributed by atoms with Crippen molar-refractivity contribution in [2.45, 2.75) is 77.0 Å². The molecule has 0 aliphatic carbocycles. The lowest BCUT2D eigenvalue weighted by Crippen LogP contribution is -2.31. The van der Waals surface area contributed by atoms with Crippen molar-refractivity contribution in [1.82, 2.24) is 4.31 Å². The lowest BCUT2D eigenvalue weighted by atomic mass is 10.1. The lowest BCUT2D eigenvalue weighted by molar-refractivity contribution is 0.410. The number of hydrogen-bond acceptors (Lipinski definition) is 2. The van der Waals surface area contributed by atoms with Gasteiger partial charge in [-0.25, -0.2) is 8.42 Å². The van der Waals surface area contributed by atoms with E-state index in [4.69, 9.17) is 0 Å². The van der Waals surface area contributed by atoms with E-state index in [-0.39, 0.29) is 0 Å². The van der Waals surface area contributed by atoms with Crippen LogP contribution in [-0.4, -0.2) is 25.8 Å². The molecule has 1 rings (SSSR count). The third-order valence-corrected chi connectivity index (χ3v) is 6.26. The van der Waals surface area contributed by atoms with Crippen molar-refractivity contribution in [2.24, 2.45) is 0 Å². The summed E-state index contributed by atoms with van der Waals surface area (Å²) >= 11 is 0. The van der Waals surface area contributed by atoms with E-state index >= 15 is 0 Å². The standard InChI is InChI=1S/C19H33NO2S/c1-4-6-7-8-9-10-11-12-17-20(5-2)23(21,22)19-15-13-18(3)14-16-19/h13-16H,4-12,17H2,1-3H3. The quantitative estimate of drug-likeness (QED) is 0.494. The minimum atomic E-state index is -3.34. The first-order valence-corrected chi connectivity index (χ1v) is 10.5. The minimum Gasteiger partial charge on any atom is -0.207 e. The van der Waals surface area contributed by atoms with E-state index in [0.717, 1.165) is 18.4 Å². The van der Waals surface area contributed by atoms with Crippen LogP contribution in [-0.2, 0) is 10.0 Å². The fourth-order valence-corrected chi connectivity index (χ4v) is 4.22. The Hall–Kier alpha value is -0.870. The van der Waals surface area contributed by atoms with Crippen LogP contribution in [0, 0.1) is 6.92 Å². The summed E-state index contributed by atoms with van der Waals surface area (Å²) in [6.45, 7) is 7.27. The van der Waals surface area contributed by atoms with Crippen LogP contribution >= 0.6 is 0 Å². The van der Waals surface area contributed by atoms with Gasteiger partial charge in [0.25, 0.3) is 0 Å². The first-order chi connectivity index (χ1) is 11.0. The number of hydrogen-bond donors (Lipinski definition) is 0. The van der Waals surface area contributed by atoms with Crippen LogP contribution in [0.1, 0.15) is 70.8 Å². The largest absolute Gasteiger partial charge is 0.243 e. The maximum atomic E-state index is 12.6. The fourth-order valence-electron chi connectivity index (χ4n) is 2.73. The van der Waals surface area contributed by atoms with Gasteiger partial charge in [0.1, 0.15) is 0 Å². The van der Waals surface area contributed by atoms with Crippen LogP contribution in [0.3, 0.4) is 0 Å². The van der Waals surface area contributed by atoms with Crippen molar-refractivity contribution in [3.63, 3.8) is 0 Å². The highest BCUT2D eigenvalue weighted by atomic mass is 32.2. The summed E-state index contributed by atoms with van der Waals surface area (Å²) in [6.07, 6.45) is 9.81. The van der Waals surface area contributed by atoms with Gasteiger partial charge in [-0.3, -0.25) is 0 Å². The smallest absolute Gasteiger partial charge is 0.207 e. The molecular formula is C19H33NO2S. The molecule has 0 spiro atoms. The zero-order valence-electron chi connectivity index (χ0n) is 15.1. The minimum absolute atomic E-state index is 0.407. The van der Waals surface area contributed by atoms with Crippen LogP contribution in [0.4, 0.5) is 0 Å². The summed E-state index contributed by atoms with van der Waals surface area (Å²) in [5.41, 5.74) is 1.08. The average molecular weight is 340 g/mol. The molecule has 0 unspecified atom stereocenters. The molecule has 0 aliphatic heterocycles. The van der Waals surface area contributed by atoms with E-state index in [0.29, 0.717) is 18.0 Å². The number of sulfonamides is 1. The molecule has 4 heteroatoms. The first-order valence-electron chi connectivity index (χ1n) is 9.09. The van der Waals surface area contributed by atoms with E-state index < -0.39 is 10.0 Å². The van der Waals surface area contributed by atoms with Gasteiger partial charge in [-0.05, 0) is 25.5 Å². The Labute approximate surface area is 143 Å². The van der Waals surface area contributed by atoms with Crippen LogP contribution in [0.2, 0.25) is 0 Å². The molecule has 1 aromatic rings. The number of nitrogens with zero attached hydrogens (tertiary/aromatic N) is 1. The molecule has 0 heterocycles. The van der Waals surface area contributed by atoms with Crippen molar-refractivity contribution < 1.29 is 8.42 Å². The van der Waals surface area contributed by atoms with Crippen LogP contribution in [0.25, 0.3) is 0 Å². The van der Waals surface area contributed by atoms with Gasteiger partial charge in [-0.15, -0.1) is 0 Å². The Kier molecular flexibility index (Phi) is 9.49. The predicted molar refractivity (Wildman–Crippen MR) is 98.2 cm³/mol. The zero-order chi connectivity index (χ0) is 17.1. The molecule has 0 saturated heterocycles. The number of benzene rings is 1. The Balaban J connectivity index is 2.39. The Morgan fingerprint density at radius 2 is 1.35 bits per heavy atom. The summed E-state index contributed by atoms with van der Waals surface area (Å²) in [4.78, 5) is 0.407. The molecule has 0 saturated carbocycles. The normalized spacial score (nSPS) is 12.0. The van der Waals surface area contributed by atoms with Gasteiger partial charge in [0.2, 0.25) is 10.0 Å². The molecule has 3 nitrogen and oxygen atoms in total. The van der Waals surface area contributed by atoms with Crippen LogP contribution in [0.15, 0.2) is 29.2 Å². The van der Waals surface area contributed by atoms with Crippen molar-refractivity contribution in [1.29, 1.82) is 0 Å². The Morgan fingerprint density at radius 3 is 1.87 bits per heavy atom. The lowest BCUT2D eigenvalue weighted by Gasteiger charge is -2.20. The second-order valence-corrected chi connectivity index (χ2v) is 8.22. The second-order valence-electron chi connectivity index (χ2n) is 6.28. The molecule has 0 N–H and O–H groups in total. The van der Waals surface area contributed by atoms with Crippen molar-refractivity contribution >= 4 is 10.0 Å². The predicted octanol–water partition coefficient (Wildman–Crippen LogP) is 5.15. The Bertz CT molecular complexity index is 523. The molecule has 0 fully saturated rings. The molecule has 0 radical (unpaired) electrons. The summed E-state index contributed by atoms with van der Waals surface area (Å²) in [6, 6.07) is 7.14. The van der Waals surface area contributed by atoms with Crippen LogP contribution in [0.5, 0.6) is 0 Å². The summed E-state index contributed by atoms with van der Waals surface area (Å²) in [7, 11) is -3.34. The van der Waals surface area contributed by atoms with E-state index in [1.54, 1.807) is 16.4 Å². The number of aryl methyl sites for hydroxylation is 1. The molecular weight excluding hydrogens is 306 g/mol. The van der Waals surface area contributed by atoms with Gasteiger partial charge < -0.3 is 0 Å². The number of rotatable bonds is 12. The third-order valence-electron chi connectivity index (χ3n) is 4.27. The fraction of sp³-hybridized carbons (Fsp3) is 0.684. The van der Waals surface area contributed by atoms with E-state index in [1.165, 1.54) is 38.5 Å². The molecule has 0 aliphatic rings. The summed E-state index contributed by atoms with van der Waals surface area (Å²) < 4.78 is 26.9. The van der Waals surface area contributed by atoms with Gasteiger partial charge in [0.15, 0.2) is 0 Å². The van der Waals surface area contributed by atoms with Gasteiger partial charge >= 0.3 is 0 Å².